The van der Waals surface area contributed by atoms with E-state index >= 15 is 0 Å². The molecule has 0 bridgehead atoms. The molecule has 0 atom stereocenters. The highest BCUT2D eigenvalue weighted by molar-refractivity contribution is 7.80. The summed E-state index contributed by atoms with van der Waals surface area (Å²) < 4.78 is 4.92. The summed E-state index contributed by atoms with van der Waals surface area (Å²) in [5.41, 5.74) is 4.41. The molecule has 0 aliphatic rings. The predicted molar refractivity (Wildman–Crippen MR) is 97.5 cm³/mol. The number of carbonyl (C=O) groups is 1. The van der Waals surface area contributed by atoms with Crippen molar-refractivity contribution < 1.29 is 14.6 Å². The Kier molecular flexibility index (Phi) is 6.27. The molecular formula is C17H17N3O3S. The van der Waals surface area contributed by atoms with E-state index < -0.39 is 0 Å². The lowest BCUT2D eigenvalue weighted by Crippen LogP contribution is -2.23. The summed E-state index contributed by atoms with van der Waals surface area (Å²) >= 11 is 5.12. The van der Waals surface area contributed by atoms with Crippen LogP contribution in [0, 0.1) is 0 Å². The molecule has 24 heavy (non-hydrogen) atoms. The van der Waals surface area contributed by atoms with Crippen LogP contribution in [0.1, 0.15) is 22.8 Å². The molecule has 3 N–H and O–H groups in total. The van der Waals surface area contributed by atoms with Crippen LogP contribution >= 0.6 is 12.2 Å². The number of carbonyl (C=O) groups excluding carboxylic acids is 1. The van der Waals surface area contributed by atoms with Crippen molar-refractivity contribution >= 4 is 35.2 Å². The quantitative estimate of drug-likeness (QED) is 0.335. The minimum atomic E-state index is -0.364. The largest absolute Gasteiger partial charge is 0.507 e. The van der Waals surface area contributed by atoms with E-state index in [1.807, 2.05) is 0 Å². The van der Waals surface area contributed by atoms with Gasteiger partial charge in [0, 0.05) is 11.3 Å². The maximum absolute atomic E-state index is 11.6. The summed E-state index contributed by atoms with van der Waals surface area (Å²) in [6.45, 7) is 2.09. The number of nitrogens with one attached hydrogen (secondary N) is 2. The van der Waals surface area contributed by atoms with Crippen molar-refractivity contribution in [3.05, 3.63) is 59.7 Å². The third kappa shape index (κ3) is 5.06. The first-order valence-electron chi connectivity index (χ1n) is 7.25. The molecular weight excluding hydrogens is 326 g/mol. The third-order valence-corrected chi connectivity index (χ3v) is 3.15. The van der Waals surface area contributed by atoms with Crippen molar-refractivity contribution in [1.29, 1.82) is 0 Å². The number of thiocarbonyl (C=S) groups is 1. The molecule has 0 fully saturated rings. The summed E-state index contributed by atoms with van der Waals surface area (Å²) in [5.74, 6) is -0.228. The fourth-order valence-electron chi connectivity index (χ4n) is 1.82. The van der Waals surface area contributed by atoms with Crippen molar-refractivity contribution in [3.63, 3.8) is 0 Å². The van der Waals surface area contributed by atoms with Crippen LogP contribution in [0.2, 0.25) is 0 Å². The van der Waals surface area contributed by atoms with Gasteiger partial charge in [-0.1, -0.05) is 12.1 Å². The van der Waals surface area contributed by atoms with Crippen LogP contribution in [0.15, 0.2) is 53.6 Å². The van der Waals surface area contributed by atoms with Gasteiger partial charge in [0.15, 0.2) is 5.11 Å². The lowest BCUT2D eigenvalue weighted by molar-refractivity contribution is 0.0526. The first kappa shape index (κ1) is 17.4. The Balaban J connectivity index is 1.88. The Labute approximate surface area is 145 Å². The number of rotatable bonds is 5. The van der Waals surface area contributed by atoms with Crippen LogP contribution in [-0.2, 0) is 4.74 Å². The SMILES string of the molecule is CCOC(=O)c1ccc(NC(=S)N/N=C/c2ccccc2O)cc1. The zero-order valence-corrected chi connectivity index (χ0v) is 13.8. The number of esters is 1. The summed E-state index contributed by atoms with van der Waals surface area (Å²) in [4.78, 5) is 11.6. The number of hydrogen-bond acceptors (Lipinski definition) is 5. The van der Waals surface area contributed by atoms with Crippen molar-refractivity contribution in [2.75, 3.05) is 11.9 Å². The molecule has 0 saturated heterocycles. The molecule has 7 heteroatoms. The van der Waals surface area contributed by atoms with Gasteiger partial charge >= 0.3 is 5.97 Å². The fraction of sp³-hybridized carbons (Fsp3) is 0.118. The number of aromatic hydroxyl groups is 1. The van der Waals surface area contributed by atoms with Crippen LogP contribution in [0.4, 0.5) is 5.69 Å². The Hall–Kier alpha value is -2.93. The van der Waals surface area contributed by atoms with Gasteiger partial charge in [-0.25, -0.2) is 4.79 Å². The number of hydrogen-bond donors (Lipinski definition) is 3. The maximum Gasteiger partial charge on any atom is 0.338 e. The smallest absolute Gasteiger partial charge is 0.338 e. The molecule has 0 spiro atoms. The fourth-order valence-corrected chi connectivity index (χ4v) is 1.99. The Morgan fingerprint density at radius 1 is 1.25 bits per heavy atom. The highest BCUT2D eigenvalue weighted by Crippen LogP contribution is 2.13. The number of para-hydroxylation sites is 1. The highest BCUT2D eigenvalue weighted by atomic mass is 32.1. The van der Waals surface area contributed by atoms with E-state index in [2.05, 4.69) is 15.8 Å². The molecule has 2 rings (SSSR count). The molecule has 0 heterocycles. The van der Waals surface area contributed by atoms with Gasteiger partial charge in [-0.2, -0.15) is 5.10 Å². The van der Waals surface area contributed by atoms with Crippen molar-refractivity contribution in [1.82, 2.24) is 5.43 Å². The second-order valence-corrected chi connectivity index (χ2v) is 5.09. The molecule has 124 valence electrons. The predicted octanol–water partition coefficient (Wildman–Crippen LogP) is 2.89. The van der Waals surface area contributed by atoms with E-state index in [-0.39, 0.29) is 16.8 Å². The Morgan fingerprint density at radius 2 is 1.96 bits per heavy atom. The monoisotopic (exact) mass is 343 g/mol. The lowest BCUT2D eigenvalue weighted by atomic mass is 10.2. The van der Waals surface area contributed by atoms with Gasteiger partial charge in [0.2, 0.25) is 0 Å². The molecule has 0 unspecified atom stereocenters. The highest BCUT2D eigenvalue weighted by Gasteiger charge is 2.05. The van der Waals surface area contributed by atoms with Gasteiger partial charge in [0.1, 0.15) is 5.75 Å². The Bertz CT molecular complexity index is 745. The second kappa shape index (κ2) is 8.64. The van der Waals surface area contributed by atoms with Gasteiger partial charge < -0.3 is 15.2 Å². The van der Waals surface area contributed by atoms with E-state index in [1.54, 1.807) is 55.5 Å². The van der Waals surface area contributed by atoms with Crippen molar-refractivity contribution in [2.45, 2.75) is 6.92 Å². The third-order valence-electron chi connectivity index (χ3n) is 2.96. The van der Waals surface area contributed by atoms with Crippen LogP contribution < -0.4 is 10.7 Å². The minimum Gasteiger partial charge on any atom is -0.507 e. The molecule has 2 aromatic rings. The second-order valence-electron chi connectivity index (χ2n) is 4.68. The summed E-state index contributed by atoms with van der Waals surface area (Å²) in [7, 11) is 0. The topological polar surface area (TPSA) is 83.0 Å². The van der Waals surface area contributed by atoms with Crippen LogP contribution in [0.3, 0.4) is 0 Å². The van der Waals surface area contributed by atoms with Gasteiger partial charge in [-0.3, -0.25) is 5.43 Å². The average Bonchev–Trinajstić information content (AvgIpc) is 2.57. The minimum absolute atomic E-state index is 0.136. The first-order chi connectivity index (χ1) is 11.6. The average molecular weight is 343 g/mol. The molecule has 0 amide bonds. The summed E-state index contributed by atoms with van der Waals surface area (Å²) in [5, 5.41) is 16.8. The van der Waals surface area contributed by atoms with E-state index in [9.17, 15) is 9.90 Å². The van der Waals surface area contributed by atoms with Crippen LogP contribution in [-0.4, -0.2) is 29.0 Å². The number of ether oxygens (including phenoxy) is 1. The molecule has 0 aliphatic carbocycles. The van der Waals surface area contributed by atoms with Gasteiger partial charge in [-0.05, 0) is 55.5 Å². The lowest BCUT2D eigenvalue weighted by Gasteiger charge is -2.08. The first-order valence-corrected chi connectivity index (χ1v) is 7.66. The number of anilines is 1. The summed E-state index contributed by atoms with van der Waals surface area (Å²) in [6, 6.07) is 13.5. The van der Waals surface area contributed by atoms with E-state index in [1.165, 1.54) is 6.21 Å². The number of phenolic OH excluding ortho intramolecular Hbond substituents is 1. The van der Waals surface area contributed by atoms with Crippen LogP contribution in [0.25, 0.3) is 0 Å². The normalized spacial score (nSPS) is 10.4. The van der Waals surface area contributed by atoms with Crippen LogP contribution in [0.5, 0.6) is 5.75 Å². The zero-order chi connectivity index (χ0) is 17.4. The maximum atomic E-state index is 11.6. The molecule has 2 aromatic carbocycles. The number of phenols is 1. The van der Waals surface area contributed by atoms with Gasteiger partial charge in [0.25, 0.3) is 0 Å². The zero-order valence-electron chi connectivity index (χ0n) is 13.0. The molecule has 0 aromatic heterocycles. The Morgan fingerprint density at radius 3 is 2.62 bits per heavy atom. The van der Waals surface area contributed by atoms with E-state index in [0.717, 1.165) is 0 Å². The number of nitrogens with zero attached hydrogens (tertiary/aromatic N) is 1. The summed E-state index contributed by atoms with van der Waals surface area (Å²) in [6.07, 6.45) is 1.47. The van der Waals surface area contributed by atoms with Crippen molar-refractivity contribution in [3.8, 4) is 5.75 Å². The molecule has 6 nitrogen and oxygen atoms in total. The van der Waals surface area contributed by atoms with Crippen molar-refractivity contribution in [2.24, 2.45) is 5.10 Å². The van der Waals surface area contributed by atoms with Gasteiger partial charge in [-0.15, -0.1) is 0 Å². The number of benzene rings is 2. The standard InChI is InChI=1S/C17H17N3O3S/c1-2-23-16(22)12-7-9-14(10-8-12)19-17(24)20-18-11-13-5-3-4-6-15(13)21/h3-11,21H,2H2,1H3,(H2,19,20,24)/b18-11+. The van der Waals surface area contributed by atoms with E-state index in [4.69, 9.17) is 17.0 Å². The molecule has 0 aliphatic heterocycles. The molecule has 0 saturated carbocycles. The molecule has 0 radical (unpaired) electrons. The van der Waals surface area contributed by atoms with E-state index in [0.29, 0.717) is 23.4 Å². The number of hydrazone groups is 1. The van der Waals surface area contributed by atoms with Gasteiger partial charge in [0.05, 0.1) is 18.4 Å².